The highest BCUT2D eigenvalue weighted by Gasteiger charge is 2.34. The van der Waals surface area contributed by atoms with E-state index in [0.717, 1.165) is 23.7 Å². The summed E-state index contributed by atoms with van der Waals surface area (Å²) >= 11 is 6.17. The first-order valence-electron chi connectivity index (χ1n) is 9.65. The van der Waals surface area contributed by atoms with Gasteiger partial charge in [-0.3, -0.25) is 9.69 Å². The first-order valence-corrected chi connectivity index (χ1v) is 10.0. The maximum absolute atomic E-state index is 12.8. The molecule has 3 amide bonds. The fourth-order valence-corrected chi connectivity index (χ4v) is 3.70. The molecule has 2 heterocycles. The number of morpholine rings is 1. The largest absolute Gasteiger partial charge is 0.496 e. The van der Waals surface area contributed by atoms with E-state index in [9.17, 15) is 9.59 Å². The molecule has 8 heteroatoms. The second kappa shape index (κ2) is 8.77. The molecule has 2 aliphatic heterocycles. The van der Waals surface area contributed by atoms with E-state index in [2.05, 4.69) is 10.2 Å². The van der Waals surface area contributed by atoms with Crippen LogP contribution in [0.3, 0.4) is 0 Å². The van der Waals surface area contributed by atoms with Crippen LogP contribution in [-0.2, 0) is 16.1 Å². The zero-order valence-corrected chi connectivity index (χ0v) is 17.3. The van der Waals surface area contributed by atoms with Gasteiger partial charge in [-0.2, -0.15) is 0 Å². The molecule has 0 spiro atoms. The number of urea groups is 1. The molecule has 2 fully saturated rings. The number of anilines is 1. The van der Waals surface area contributed by atoms with Crippen molar-refractivity contribution in [3.63, 3.8) is 0 Å². The maximum Gasteiger partial charge on any atom is 0.329 e. The lowest BCUT2D eigenvalue weighted by Crippen LogP contribution is -2.36. The maximum atomic E-state index is 12.8. The fourth-order valence-electron chi connectivity index (χ4n) is 3.50. The predicted octanol–water partition coefficient (Wildman–Crippen LogP) is 3.28. The van der Waals surface area contributed by atoms with Crippen molar-refractivity contribution in [1.29, 1.82) is 0 Å². The average Bonchev–Trinajstić information content (AvgIpc) is 3.03. The van der Waals surface area contributed by atoms with Gasteiger partial charge in [0.05, 0.1) is 26.9 Å². The molecular formula is C22H22ClN3O4. The molecule has 2 saturated heterocycles. The molecule has 2 aliphatic rings. The van der Waals surface area contributed by atoms with Crippen molar-refractivity contribution in [3.8, 4) is 5.75 Å². The lowest BCUT2D eigenvalue weighted by atomic mass is 10.1. The van der Waals surface area contributed by atoms with Crippen LogP contribution in [0.4, 0.5) is 10.5 Å². The van der Waals surface area contributed by atoms with Crippen molar-refractivity contribution in [2.45, 2.75) is 6.54 Å². The summed E-state index contributed by atoms with van der Waals surface area (Å²) < 4.78 is 10.9. The number of rotatable bonds is 5. The minimum absolute atomic E-state index is 0.106. The van der Waals surface area contributed by atoms with Crippen LogP contribution in [0.5, 0.6) is 5.75 Å². The highest BCUT2D eigenvalue weighted by Crippen LogP contribution is 2.29. The Morgan fingerprint density at radius 3 is 2.67 bits per heavy atom. The third-order valence-corrected chi connectivity index (χ3v) is 5.51. The monoisotopic (exact) mass is 427 g/mol. The van der Waals surface area contributed by atoms with Gasteiger partial charge >= 0.3 is 6.03 Å². The van der Waals surface area contributed by atoms with Gasteiger partial charge in [-0.15, -0.1) is 0 Å². The molecule has 2 aromatic carbocycles. The standard InChI is InChI=1S/C22H22ClN3O4/c1-29-20-13-17(25-8-10-30-11-9-25)7-6-15(20)12-19-21(27)26(22(28)24-19)14-16-4-2-3-5-18(16)23/h2-7,12-13H,8-11,14H2,1H3,(H,24,28)/b19-12-. The Hall–Kier alpha value is -3.03. The number of amides is 3. The third-order valence-electron chi connectivity index (χ3n) is 5.14. The van der Waals surface area contributed by atoms with Gasteiger partial charge in [0.1, 0.15) is 11.4 Å². The van der Waals surface area contributed by atoms with Gasteiger partial charge in [0.15, 0.2) is 0 Å². The number of halogens is 1. The van der Waals surface area contributed by atoms with Crippen LogP contribution in [0.1, 0.15) is 11.1 Å². The molecule has 0 aromatic heterocycles. The average molecular weight is 428 g/mol. The number of nitrogens with one attached hydrogen (secondary N) is 1. The van der Waals surface area contributed by atoms with Gasteiger partial charge in [0.25, 0.3) is 5.91 Å². The van der Waals surface area contributed by atoms with Crippen LogP contribution in [0, 0.1) is 0 Å². The van der Waals surface area contributed by atoms with Crippen molar-refractivity contribution >= 4 is 35.3 Å². The van der Waals surface area contributed by atoms with Crippen molar-refractivity contribution in [2.75, 3.05) is 38.3 Å². The summed E-state index contributed by atoms with van der Waals surface area (Å²) in [5.41, 5.74) is 2.64. The predicted molar refractivity (Wildman–Crippen MR) is 115 cm³/mol. The first kappa shape index (κ1) is 20.3. The summed E-state index contributed by atoms with van der Waals surface area (Å²) in [5, 5.41) is 3.15. The topological polar surface area (TPSA) is 71.1 Å². The Morgan fingerprint density at radius 2 is 1.93 bits per heavy atom. The smallest absolute Gasteiger partial charge is 0.329 e. The molecule has 0 radical (unpaired) electrons. The molecule has 30 heavy (non-hydrogen) atoms. The number of imide groups is 1. The number of carbonyl (C=O) groups excluding carboxylic acids is 2. The van der Waals surface area contributed by atoms with Crippen molar-refractivity contribution in [2.24, 2.45) is 0 Å². The fraction of sp³-hybridized carbons (Fsp3) is 0.273. The van der Waals surface area contributed by atoms with Crippen molar-refractivity contribution in [3.05, 3.63) is 64.3 Å². The lowest BCUT2D eigenvalue weighted by Gasteiger charge is -2.29. The quantitative estimate of drug-likeness (QED) is 0.585. The van der Waals surface area contributed by atoms with E-state index in [4.69, 9.17) is 21.1 Å². The van der Waals surface area contributed by atoms with Gasteiger partial charge in [0.2, 0.25) is 0 Å². The van der Waals surface area contributed by atoms with Gasteiger partial charge in [-0.25, -0.2) is 4.79 Å². The van der Waals surface area contributed by atoms with Gasteiger partial charge in [-0.05, 0) is 29.8 Å². The van der Waals surface area contributed by atoms with Crippen LogP contribution < -0.4 is 15.0 Å². The first-order chi connectivity index (χ1) is 14.6. The molecular weight excluding hydrogens is 406 g/mol. The molecule has 4 rings (SSSR count). The van der Waals surface area contributed by atoms with Crippen LogP contribution >= 0.6 is 11.6 Å². The van der Waals surface area contributed by atoms with Crippen LogP contribution in [-0.4, -0.2) is 50.3 Å². The van der Waals surface area contributed by atoms with E-state index in [-0.39, 0.29) is 12.2 Å². The Balaban J connectivity index is 1.56. The molecule has 1 N–H and O–H groups in total. The Labute approximate surface area is 179 Å². The minimum Gasteiger partial charge on any atom is -0.496 e. The normalized spacial score (nSPS) is 18.1. The Bertz CT molecular complexity index is 1000. The molecule has 0 atom stereocenters. The zero-order chi connectivity index (χ0) is 21.1. The van der Waals surface area contributed by atoms with E-state index < -0.39 is 11.9 Å². The molecule has 0 bridgehead atoms. The van der Waals surface area contributed by atoms with E-state index in [1.165, 1.54) is 0 Å². The molecule has 2 aromatic rings. The molecule has 0 aliphatic carbocycles. The summed E-state index contributed by atoms with van der Waals surface area (Å²) in [6.45, 7) is 3.12. The number of benzene rings is 2. The number of methoxy groups -OCH3 is 1. The second-order valence-electron chi connectivity index (χ2n) is 7.00. The van der Waals surface area contributed by atoms with Gasteiger partial charge in [0, 0.05) is 35.4 Å². The minimum atomic E-state index is -0.477. The third kappa shape index (κ3) is 4.13. The summed E-state index contributed by atoms with van der Waals surface area (Å²) in [4.78, 5) is 28.6. The summed E-state index contributed by atoms with van der Waals surface area (Å²) in [5.74, 6) is 0.220. The number of hydrogen-bond acceptors (Lipinski definition) is 5. The summed E-state index contributed by atoms with van der Waals surface area (Å²) in [6.07, 6.45) is 1.63. The second-order valence-corrected chi connectivity index (χ2v) is 7.40. The number of carbonyl (C=O) groups is 2. The highest BCUT2D eigenvalue weighted by atomic mass is 35.5. The summed E-state index contributed by atoms with van der Waals surface area (Å²) in [7, 11) is 1.58. The van der Waals surface area contributed by atoms with E-state index >= 15 is 0 Å². The van der Waals surface area contributed by atoms with Gasteiger partial charge in [-0.1, -0.05) is 29.8 Å². The molecule has 7 nitrogen and oxygen atoms in total. The number of nitrogens with zero attached hydrogens (tertiary/aromatic N) is 2. The zero-order valence-electron chi connectivity index (χ0n) is 16.6. The van der Waals surface area contributed by atoms with Crippen LogP contribution in [0.2, 0.25) is 5.02 Å². The molecule has 0 saturated carbocycles. The summed E-state index contributed by atoms with van der Waals surface area (Å²) in [6, 6.07) is 12.4. The number of ether oxygens (including phenoxy) is 2. The van der Waals surface area contributed by atoms with Crippen LogP contribution in [0.15, 0.2) is 48.2 Å². The molecule has 156 valence electrons. The number of hydrogen-bond donors (Lipinski definition) is 1. The SMILES string of the molecule is COc1cc(N2CCOCC2)ccc1/C=C1\NC(=O)N(Cc2ccccc2Cl)C1=O. The van der Waals surface area contributed by atoms with Crippen molar-refractivity contribution < 1.29 is 19.1 Å². The van der Waals surface area contributed by atoms with E-state index in [1.54, 1.807) is 31.4 Å². The van der Waals surface area contributed by atoms with Gasteiger partial charge < -0.3 is 19.7 Å². The van der Waals surface area contributed by atoms with Crippen LogP contribution in [0.25, 0.3) is 6.08 Å². The van der Waals surface area contributed by atoms with E-state index in [1.807, 2.05) is 24.3 Å². The van der Waals surface area contributed by atoms with E-state index in [0.29, 0.717) is 35.1 Å². The highest BCUT2D eigenvalue weighted by molar-refractivity contribution is 6.31. The Morgan fingerprint density at radius 1 is 1.17 bits per heavy atom. The Kier molecular flexibility index (Phi) is 5.92. The lowest BCUT2D eigenvalue weighted by molar-refractivity contribution is -0.123. The van der Waals surface area contributed by atoms with Crippen molar-refractivity contribution in [1.82, 2.24) is 10.2 Å². The molecule has 0 unspecified atom stereocenters.